The van der Waals surface area contributed by atoms with Crippen molar-refractivity contribution in [3.63, 3.8) is 0 Å². The predicted octanol–water partition coefficient (Wildman–Crippen LogP) is 4.49. The number of aromatic nitrogens is 3. The van der Waals surface area contributed by atoms with Crippen LogP contribution >= 0.6 is 22.9 Å². The fourth-order valence-corrected chi connectivity index (χ4v) is 3.46. The van der Waals surface area contributed by atoms with Crippen molar-refractivity contribution >= 4 is 39.9 Å². The van der Waals surface area contributed by atoms with Gasteiger partial charge in [0.05, 0.1) is 12.8 Å². The van der Waals surface area contributed by atoms with Crippen LogP contribution in [-0.2, 0) is 4.74 Å². The van der Waals surface area contributed by atoms with Crippen molar-refractivity contribution in [3.8, 4) is 22.6 Å². The number of halogens is 1. The maximum Gasteiger partial charge on any atom is 0.354 e. The van der Waals surface area contributed by atoms with Gasteiger partial charge in [-0.3, -0.25) is 10.1 Å². The van der Waals surface area contributed by atoms with Crippen LogP contribution in [-0.4, -0.2) is 34.1 Å². The summed E-state index contributed by atoms with van der Waals surface area (Å²) in [4.78, 5) is 31.2. The number of amides is 1. The molecule has 146 valence electrons. The molecule has 0 spiro atoms. The Morgan fingerprint density at radius 2 is 2.10 bits per heavy atom. The number of anilines is 1. The van der Waals surface area contributed by atoms with Crippen LogP contribution in [0.2, 0.25) is 5.02 Å². The van der Waals surface area contributed by atoms with Crippen molar-refractivity contribution in [2.75, 3.05) is 12.4 Å². The zero-order valence-electron chi connectivity index (χ0n) is 14.9. The number of nitrogens with one attached hydrogen (secondary N) is 2. The van der Waals surface area contributed by atoms with Gasteiger partial charge in [0.2, 0.25) is 0 Å². The van der Waals surface area contributed by atoms with Crippen LogP contribution in [0.25, 0.3) is 22.6 Å². The molecule has 1 aromatic carbocycles. The predicted molar refractivity (Wildman–Crippen MR) is 108 cm³/mol. The monoisotopic (exact) mass is 428 g/mol. The summed E-state index contributed by atoms with van der Waals surface area (Å²) < 4.78 is 9.91. The number of esters is 1. The third-order valence-electron chi connectivity index (χ3n) is 3.96. The lowest BCUT2D eigenvalue weighted by atomic mass is 10.1. The second-order valence-electron chi connectivity index (χ2n) is 5.87. The second-order valence-corrected chi connectivity index (χ2v) is 7.17. The Labute approximate surface area is 173 Å². The van der Waals surface area contributed by atoms with Gasteiger partial charge in [0.1, 0.15) is 5.69 Å². The number of hydrogen-bond donors (Lipinski definition) is 2. The van der Waals surface area contributed by atoms with Crippen molar-refractivity contribution in [2.45, 2.75) is 0 Å². The molecule has 2 N–H and O–H groups in total. The van der Waals surface area contributed by atoms with Crippen molar-refractivity contribution < 1.29 is 18.8 Å². The molecule has 4 rings (SSSR count). The molecule has 10 heteroatoms. The molecule has 29 heavy (non-hydrogen) atoms. The molecule has 0 saturated heterocycles. The summed E-state index contributed by atoms with van der Waals surface area (Å²) in [5.41, 5.74) is 2.46. The highest BCUT2D eigenvalue weighted by atomic mass is 35.5. The molecule has 4 aromatic rings. The number of aromatic amines is 1. The summed E-state index contributed by atoms with van der Waals surface area (Å²) in [5.74, 6) is -0.492. The first kappa shape index (κ1) is 18.9. The highest BCUT2D eigenvalue weighted by molar-refractivity contribution is 7.14. The molecule has 0 radical (unpaired) electrons. The number of hydrogen-bond acceptors (Lipinski definition) is 7. The third-order valence-corrected chi connectivity index (χ3v) is 4.95. The number of H-pyrrole nitrogens is 1. The standard InChI is InChI=1S/C19H13ClN4O4S/c1-27-18(26)14-6-11(8-21-14)15-9-29-19(22-15)23-17(25)13-7-16(28-24-13)10-3-2-4-12(20)5-10/h2-9,21H,1H3,(H,22,23,25). The van der Waals surface area contributed by atoms with E-state index in [-0.39, 0.29) is 5.69 Å². The molecule has 0 atom stereocenters. The van der Waals surface area contributed by atoms with E-state index in [0.717, 1.165) is 5.56 Å². The SMILES string of the molecule is COC(=O)c1cc(-c2csc(NC(=O)c3cc(-c4cccc(Cl)c4)on3)n2)c[nH]1. The molecule has 3 heterocycles. The van der Waals surface area contributed by atoms with Gasteiger partial charge in [0, 0.05) is 33.8 Å². The highest BCUT2D eigenvalue weighted by Crippen LogP contribution is 2.27. The lowest BCUT2D eigenvalue weighted by molar-refractivity contribution is 0.0594. The van der Waals surface area contributed by atoms with Gasteiger partial charge in [-0.1, -0.05) is 28.9 Å². The highest BCUT2D eigenvalue weighted by Gasteiger charge is 2.17. The van der Waals surface area contributed by atoms with Crippen LogP contribution in [0.1, 0.15) is 21.0 Å². The Morgan fingerprint density at radius 1 is 1.24 bits per heavy atom. The molecule has 0 aliphatic heterocycles. The maximum absolute atomic E-state index is 12.4. The average molecular weight is 429 g/mol. The topological polar surface area (TPSA) is 110 Å². The molecule has 0 bridgehead atoms. The molecular formula is C19H13ClN4O4S. The summed E-state index contributed by atoms with van der Waals surface area (Å²) in [7, 11) is 1.31. The molecule has 0 saturated carbocycles. The molecular weight excluding hydrogens is 416 g/mol. The number of benzene rings is 1. The van der Waals surface area contributed by atoms with Gasteiger partial charge in [-0.25, -0.2) is 9.78 Å². The number of ether oxygens (including phenoxy) is 1. The first-order valence-corrected chi connectivity index (χ1v) is 9.56. The van der Waals surface area contributed by atoms with E-state index in [1.807, 2.05) is 0 Å². The number of rotatable bonds is 5. The third kappa shape index (κ3) is 4.05. The first-order chi connectivity index (χ1) is 14.0. The molecule has 0 aliphatic rings. The van der Waals surface area contributed by atoms with E-state index in [1.165, 1.54) is 24.5 Å². The zero-order chi connectivity index (χ0) is 20.4. The molecule has 8 nitrogen and oxygen atoms in total. The minimum atomic E-state index is -0.471. The Balaban J connectivity index is 1.47. The summed E-state index contributed by atoms with van der Waals surface area (Å²) in [6.07, 6.45) is 1.64. The number of carbonyl (C=O) groups is 2. The average Bonchev–Trinajstić information content (AvgIpc) is 3.47. The minimum absolute atomic E-state index is 0.117. The van der Waals surface area contributed by atoms with Gasteiger partial charge in [-0.15, -0.1) is 11.3 Å². The number of methoxy groups -OCH3 is 1. The number of thiazole rings is 1. The quantitative estimate of drug-likeness (QED) is 0.453. The smallest absolute Gasteiger partial charge is 0.354 e. The molecule has 0 aliphatic carbocycles. The van der Waals surface area contributed by atoms with E-state index in [0.29, 0.717) is 32.9 Å². The van der Waals surface area contributed by atoms with Crippen LogP contribution < -0.4 is 5.32 Å². The number of carbonyl (C=O) groups excluding carboxylic acids is 2. The Kier molecular flexibility index (Phi) is 5.15. The summed E-state index contributed by atoms with van der Waals surface area (Å²) >= 11 is 7.22. The normalized spacial score (nSPS) is 10.7. The van der Waals surface area contributed by atoms with Crippen LogP contribution in [0.3, 0.4) is 0 Å². The van der Waals surface area contributed by atoms with E-state index in [4.69, 9.17) is 16.1 Å². The zero-order valence-corrected chi connectivity index (χ0v) is 16.5. The summed E-state index contributed by atoms with van der Waals surface area (Å²) in [5, 5.41) is 9.20. The first-order valence-electron chi connectivity index (χ1n) is 8.30. The van der Waals surface area contributed by atoms with Gasteiger partial charge in [-0.05, 0) is 18.2 Å². The number of nitrogens with zero attached hydrogens (tertiary/aromatic N) is 2. The van der Waals surface area contributed by atoms with Gasteiger partial charge in [0.25, 0.3) is 5.91 Å². The van der Waals surface area contributed by atoms with Crippen LogP contribution in [0, 0.1) is 0 Å². The van der Waals surface area contributed by atoms with Gasteiger partial charge < -0.3 is 14.2 Å². The maximum atomic E-state index is 12.4. The lowest BCUT2D eigenvalue weighted by Gasteiger charge is -1.96. The van der Waals surface area contributed by atoms with E-state index in [1.54, 1.807) is 41.9 Å². The fourth-order valence-electron chi connectivity index (χ4n) is 2.55. The van der Waals surface area contributed by atoms with E-state index >= 15 is 0 Å². The summed E-state index contributed by atoms with van der Waals surface area (Å²) in [6.45, 7) is 0. The van der Waals surface area contributed by atoms with Crippen molar-refractivity contribution in [1.82, 2.24) is 15.1 Å². The van der Waals surface area contributed by atoms with Crippen molar-refractivity contribution in [1.29, 1.82) is 0 Å². The molecule has 1 amide bonds. The molecule has 0 unspecified atom stereocenters. The van der Waals surface area contributed by atoms with Crippen LogP contribution in [0.5, 0.6) is 0 Å². The Hall–Kier alpha value is -3.43. The van der Waals surface area contributed by atoms with E-state index < -0.39 is 11.9 Å². The van der Waals surface area contributed by atoms with Gasteiger partial charge >= 0.3 is 5.97 Å². The van der Waals surface area contributed by atoms with Crippen LogP contribution in [0.4, 0.5) is 5.13 Å². The molecule has 3 aromatic heterocycles. The van der Waals surface area contributed by atoms with Crippen molar-refractivity contribution in [2.24, 2.45) is 0 Å². The Morgan fingerprint density at radius 3 is 2.90 bits per heavy atom. The van der Waals surface area contributed by atoms with Crippen LogP contribution in [0.15, 0.2) is 52.5 Å². The fraction of sp³-hybridized carbons (Fsp3) is 0.0526. The summed E-state index contributed by atoms with van der Waals surface area (Å²) in [6, 6.07) is 10.2. The molecule has 0 fully saturated rings. The largest absolute Gasteiger partial charge is 0.464 e. The van der Waals surface area contributed by atoms with E-state index in [9.17, 15) is 9.59 Å². The lowest BCUT2D eigenvalue weighted by Crippen LogP contribution is -2.11. The minimum Gasteiger partial charge on any atom is -0.464 e. The van der Waals surface area contributed by atoms with Gasteiger partial charge in [-0.2, -0.15) is 0 Å². The van der Waals surface area contributed by atoms with Crippen molar-refractivity contribution in [3.05, 3.63) is 64.4 Å². The van der Waals surface area contributed by atoms with E-state index in [2.05, 4.69) is 25.2 Å². The Bertz CT molecular complexity index is 1200. The van der Waals surface area contributed by atoms with Gasteiger partial charge in [0.15, 0.2) is 16.6 Å². The second kappa shape index (κ2) is 7.90.